The van der Waals surface area contributed by atoms with Crippen LogP contribution in [0.25, 0.3) is 117 Å². The van der Waals surface area contributed by atoms with E-state index in [0.29, 0.717) is 0 Å². The first kappa shape index (κ1) is 103. The fourth-order valence-electron chi connectivity index (χ4n) is 18.9. The highest BCUT2D eigenvalue weighted by Crippen LogP contribution is 2.55. The summed E-state index contributed by atoms with van der Waals surface area (Å²) in [4.78, 5) is 35.4. The Bertz CT molecular complexity index is 5250. The molecule has 0 N–H and O–H groups in total. The van der Waals surface area contributed by atoms with Crippen LogP contribution in [0, 0.1) is 0 Å². The minimum atomic E-state index is 1.15. The van der Waals surface area contributed by atoms with E-state index in [1.807, 2.05) is 56.7 Å². The van der Waals surface area contributed by atoms with E-state index in [4.69, 9.17) is 0 Å². The monoisotopic (exact) mass is 1960 g/mol. The average Bonchev–Trinajstić information content (AvgIpc) is 1.63. The summed E-state index contributed by atoms with van der Waals surface area (Å²) in [6, 6.07) is 45.7. The van der Waals surface area contributed by atoms with Gasteiger partial charge >= 0.3 is 0 Å². The number of hydrogen-bond acceptors (Lipinski definition) is 13. The second kappa shape index (κ2) is 57.3. The Hall–Kier alpha value is -3.90. The molecule has 0 bridgehead atoms. The summed E-state index contributed by atoms with van der Waals surface area (Å²) < 4.78 is 0. The molecule has 0 saturated carbocycles. The molecule has 0 unspecified atom stereocenters. The number of thiophene rings is 13. The van der Waals surface area contributed by atoms with Crippen LogP contribution in [0.15, 0.2) is 120 Å². The first-order valence-corrected chi connectivity index (χ1v) is 62.9. The molecule has 13 rings (SSSR count). The largest absolute Gasteiger partial charge is 0.143 e. The molecule has 0 aliphatic heterocycles. The molecule has 0 radical (unpaired) electrons. The number of rotatable bonds is 68. The van der Waals surface area contributed by atoms with Gasteiger partial charge in [-0.2, -0.15) is 0 Å². The first-order chi connectivity index (χ1) is 63.7. The Labute approximate surface area is 835 Å². The number of aryl methyl sites for hydroxylation is 8. The van der Waals surface area contributed by atoms with Crippen LogP contribution in [-0.4, -0.2) is 0 Å². The van der Waals surface area contributed by atoms with Crippen molar-refractivity contribution in [1.29, 1.82) is 0 Å². The highest BCUT2D eigenvalue weighted by atomic mass is 32.2. The first-order valence-electron chi connectivity index (χ1n) is 52.1. The molecule has 0 fully saturated rings. The van der Waals surface area contributed by atoms with Gasteiger partial charge in [0.1, 0.15) is 0 Å². The summed E-state index contributed by atoms with van der Waals surface area (Å²) in [5.41, 5.74) is 12.6. The quantitative estimate of drug-likeness (QED) is 0.0333. The smallest absolute Gasteiger partial charge is 0.0484 e. The molecule has 13 aromatic heterocycles. The lowest BCUT2D eigenvalue weighted by molar-refractivity contribution is 0.607. The van der Waals surface area contributed by atoms with E-state index >= 15 is 0 Å². The topological polar surface area (TPSA) is 0 Å². The number of hydrogen-bond donors (Lipinski definition) is 0. The average molecular weight is 1970 g/mol. The van der Waals surface area contributed by atoms with Crippen LogP contribution in [0.4, 0.5) is 0 Å². The lowest BCUT2D eigenvalue weighted by atomic mass is 10.0. The third-order valence-electron chi connectivity index (χ3n) is 26.5. The minimum absolute atomic E-state index is 1.15. The standard InChI is InChI=1S/C116H156S13/c1-9-17-25-33-41-49-57-85-75-77-117-109(85)106-82-88(60-52-44-36-28-20-12-4)111(127-106)100-72-69-94(121-100)93-65-66-98(119-93)104-80-91(63-55-47-39-31-23-15-7)115(125-104)116-92(64-56-48-40-32-24-16-8)81-105(126-116)99-68-67-97(120-99)103-79-87(59-51-43-35-27-19-11-3)114(124-103)108-84-90(62-54-46-38-30-22-14-6)113(129-108)102-74-71-96(123-102)95-70-73-101(122-95)112-89(61-53-45-37-29-21-13-5)83-107(128-112)110-86(76-78-118-110)58-50-42-34-26-18-10-2/h65-84H,9-64H2,1-8H3. The maximum atomic E-state index is 2.69. The van der Waals surface area contributed by atoms with Crippen LogP contribution >= 0.6 is 147 Å². The fourth-order valence-corrected chi connectivity index (χ4v) is 34.6. The van der Waals surface area contributed by atoms with Crippen molar-refractivity contribution in [3.63, 3.8) is 0 Å². The summed E-state index contributed by atoms with van der Waals surface area (Å²) in [6.45, 7) is 18.8. The maximum Gasteiger partial charge on any atom is 0.0484 e. The number of unbranched alkanes of at least 4 members (excludes halogenated alkanes) is 40. The second-order valence-electron chi connectivity index (χ2n) is 37.3. The van der Waals surface area contributed by atoms with E-state index in [0.717, 1.165) is 25.7 Å². The van der Waals surface area contributed by atoms with Crippen LogP contribution in [0.3, 0.4) is 0 Å². The zero-order valence-corrected chi connectivity index (χ0v) is 91.1. The van der Waals surface area contributed by atoms with Crippen molar-refractivity contribution in [1.82, 2.24) is 0 Å². The van der Waals surface area contributed by atoms with Crippen molar-refractivity contribution >= 4 is 147 Å². The van der Waals surface area contributed by atoms with E-state index < -0.39 is 0 Å². The van der Waals surface area contributed by atoms with Gasteiger partial charge in [0.2, 0.25) is 0 Å². The Morgan fingerprint density at radius 1 is 0.132 bits per heavy atom. The zero-order valence-electron chi connectivity index (χ0n) is 80.5. The highest BCUT2D eigenvalue weighted by molar-refractivity contribution is 7.33. The Morgan fingerprint density at radius 3 is 0.543 bits per heavy atom. The van der Waals surface area contributed by atoms with Crippen LogP contribution in [0.1, 0.15) is 408 Å². The third-order valence-corrected chi connectivity index (χ3v) is 43.2. The third kappa shape index (κ3) is 30.8. The van der Waals surface area contributed by atoms with Gasteiger partial charge in [0.05, 0.1) is 0 Å². The molecule has 129 heavy (non-hydrogen) atoms. The van der Waals surface area contributed by atoms with E-state index in [1.165, 1.54) is 441 Å². The van der Waals surface area contributed by atoms with Gasteiger partial charge in [-0.1, -0.05) is 312 Å². The SMILES string of the molecule is CCCCCCCCc1ccsc1-c1cc(CCCCCCCC)c(-c2ccc(-c3ccc(-c4cc(CCCCCCCC)c(-c5sc(-c6ccc(-c7cc(CCCCCCCC)c(-c8cc(CCCCCCCC)c(-c9ccc(-c%10ccc(-c%11sc(-c%12sccc%12CCCCCCCC)cc%11CCCCCCCC)s%10)s9)s8)s7)s6)cc5CCCCCCCC)s4)s3)s2)s1. The second-order valence-corrected chi connectivity index (χ2v) is 50.9. The summed E-state index contributed by atoms with van der Waals surface area (Å²) in [7, 11) is 0. The van der Waals surface area contributed by atoms with Gasteiger partial charge in [-0.15, -0.1) is 147 Å². The van der Waals surface area contributed by atoms with Crippen LogP contribution in [-0.2, 0) is 51.4 Å². The predicted octanol–water partition coefficient (Wildman–Crippen LogP) is 45.7. The maximum absolute atomic E-state index is 2.69. The molecule has 0 aliphatic rings. The van der Waals surface area contributed by atoms with Crippen molar-refractivity contribution in [2.24, 2.45) is 0 Å². The molecule has 0 amide bonds. The Morgan fingerprint density at radius 2 is 0.295 bits per heavy atom. The van der Waals surface area contributed by atoms with Gasteiger partial charge in [-0.05, 0) is 267 Å². The van der Waals surface area contributed by atoms with Crippen LogP contribution in [0.2, 0.25) is 0 Å². The van der Waals surface area contributed by atoms with Gasteiger partial charge in [-0.25, -0.2) is 0 Å². The van der Waals surface area contributed by atoms with Crippen molar-refractivity contribution < 1.29 is 0 Å². The molecule has 0 spiro atoms. The van der Waals surface area contributed by atoms with Crippen LogP contribution in [0.5, 0.6) is 0 Å². The molecule has 0 aromatic carbocycles. The van der Waals surface area contributed by atoms with Crippen LogP contribution < -0.4 is 0 Å². The summed E-state index contributed by atoms with van der Waals surface area (Å²) >= 11 is 26.8. The molecule has 13 aromatic rings. The van der Waals surface area contributed by atoms with Gasteiger partial charge < -0.3 is 0 Å². The molecule has 0 atom stereocenters. The van der Waals surface area contributed by atoms with E-state index in [-0.39, 0.29) is 0 Å². The summed E-state index contributed by atoms with van der Waals surface area (Å²) in [5.74, 6) is 0. The van der Waals surface area contributed by atoms with Gasteiger partial charge in [0, 0.05) is 117 Å². The lowest BCUT2D eigenvalue weighted by Gasteiger charge is -2.06. The minimum Gasteiger partial charge on any atom is -0.143 e. The molecular formula is C116H156S13. The molecule has 13 heteroatoms. The zero-order chi connectivity index (χ0) is 89.4. The molecule has 0 nitrogen and oxygen atoms in total. The van der Waals surface area contributed by atoms with Crippen molar-refractivity contribution in [3.8, 4) is 117 Å². The molecular weight excluding hydrogens is 1810 g/mol. The van der Waals surface area contributed by atoms with E-state index in [2.05, 4.69) is 266 Å². The normalized spacial score (nSPS) is 11.9. The van der Waals surface area contributed by atoms with Crippen molar-refractivity contribution in [2.45, 2.75) is 415 Å². The van der Waals surface area contributed by atoms with E-state index in [1.54, 1.807) is 54.3 Å². The van der Waals surface area contributed by atoms with Crippen molar-refractivity contribution in [3.05, 3.63) is 164 Å². The predicted molar refractivity (Wildman–Crippen MR) is 601 cm³/mol. The fraction of sp³-hybridized carbons (Fsp3) is 0.552. The lowest BCUT2D eigenvalue weighted by Crippen LogP contribution is -1.89. The van der Waals surface area contributed by atoms with Gasteiger partial charge in [-0.3, -0.25) is 0 Å². The Kier molecular flexibility index (Phi) is 45.6. The molecule has 698 valence electrons. The molecule has 0 aliphatic carbocycles. The van der Waals surface area contributed by atoms with Gasteiger partial charge in [0.15, 0.2) is 0 Å². The van der Waals surface area contributed by atoms with Crippen molar-refractivity contribution in [2.75, 3.05) is 0 Å². The summed E-state index contributed by atoms with van der Waals surface area (Å²) in [5, 5.41) is 4.73. The molecule has 13 heterocycles. The highest BCUT2D eigenvalue weighted by Gasteiger charge is 2.27. The van der Waals surface area contributed by atoms with Gasteiger partial charge in [0.25, 0.3) is 0 Å². The summed E-state index contributed by atoms with van der Waals surface area (Å²) in [6.07, 6.45) is 73.2. The Balaban J connectivity index is 0.791. The van der Waals surface area contributed by atoms with E-state index in [9.17, 15) is 0 Å². The molecule has 0 saturated heterocycles.